The normalized spacial score (nSPS) is 20.2. The standard InChI is InChI=1S/C33H36O15/c1-17(34)41-16-29-30(44-20(4)37)31(45-21(5)38)32(46-22(6)39)33(48-29)47-26-13-24(12-25(15-26)42-18(2)35)9-8-23-10-11-27(40-7)28(14-23)43-19(3)36/h8-15,29-33H,16H2,1-7H3/b9-8+/t29-,30-,31+,32-,33-/m1/s1. The van der Waals surface area contributed by atoms with Gasteiger partial charge in [0.15, 0.2) is 23.7 Å². The summed E-state index contributed by atoms with van der Waals surface area (Å²) in [5.74, 6) is -3.57. The van der Waals surface area contributed by atoms with E-state index in [0.717, 1.165) is 27.7 Å². The molecule has 0 spiro atoms. The minimum Gasteiger partial charge on any atom is -0.493 e. The van der Waals surface area contributed by atoms with Gasteiger partial charge in [-0.3, -0.25) is 28.8 Å². The van der Waals surface area contributed by atoms with Crippen LogP contribution in [0.5, 0.6) is 23.0 Å². The Kier molecular flexibility index (Phi) is 13.1. The lowest BCUT2D eigenvalue weighted by molar-refractivity contribution is -0.288. The Morgan fingerprint density at radius 3 is 1.79 bits per heavy atom. The first-order chi connectivity index (χ1) is 22.6. The third kappa shape index (κ3) is 11.1. The summed E-state index contributed by atoms with van der Waals surface area (Å²) in [4.78, 5) is 71.4. The van der Waals surface area contributed by atoms with Gasteiger partial charge < -0.3 is 42.6 Å². The van der Waals surface area contributed by atoms with Crippen molar-refractivity contribution in [3.8, 4) is 23.0 Å². The first kappa shape index (κ1) is 37.0. The molecule has 0 aromatic heterocycles. The van der Waals surface area contributed by atoms with Crippen LogP contribution in [-0.4, -0.2) is 80.2 Å². The Hall–Kier alpha value is -5.44. The minimum atomic E-state index is -1.53. The Bertz CT molecular complexity index is 1560. The SMILES string of the molecule is COc1ccc(/C=C/c2cc(OC(C)=O)cc(O[C@@H]3O[C@H](COC(C)=O)[C@@H](OC(C)=O)[C@H](OC(C)=O)[C@H]3OC(C)=O)c2)cc1OC(C)=O. The van der Waals surface area contributed by atoms with E-state index in [1.54, 1.807) is 30.4 Å². The van der Waals surface area contributed by atoms with E-state index in [1.807, 2.05) is 0 Å². The molecule has 48 heavy (non-hydrogen) atoms. The van der Waals surface area contributed by atoms with E-state index in [-0.39, 0.29) is 17.2 Å². The Morgan fingerprint density at radius 2 is 1.21 bits per heavy atom. The van der Waals surface area contributed by atoms with Crippen LogP contribution in [0.3, 0.4) is 0 Å². The van der Waals surface area contributed by atoms with Gasteiger partial charge in [0.25, 0.3) is 0 Å². The van der Waals surface area contributed by atoms with Crippen LogP contribution in [0.15, 0.2) is 36.4 Å². The summed E-state index contributed by atoms with van der Waals surface area (Å²) in [6.07, 6.45) is -3.75. The summed E-state index contributed by atoms with van der Waals surface area (Å²) < 4.78 is 49.3. The van der Waals surface area contributed by atoms with Crippen molar-refractivity contribution in [3.05, 3.63) is 47.5 Å². The zero-order valence-electron chi connectivity index (χ0n) is 27.3. The lowest BCUT2D eigenvalue weighted by atomic mass is 9.98. The second kappa shape index (κ2) is 16.9. The maximum Gasteiger partial charge on any atom is 0.308 e. The molecule has 258 valence electrons. The first-order valence-electron chi connectivity index (χ1n) is 14.5. The quantitative estimate of drug-likeness (QED) is 0.138. The number of benzene rings is 2. The van der Waals surface area contributed by atoms with E-state index >= 15 is 0 Å². The molecule has 2 aromatic carbocycles. The lowest BCUT2D eigenvalue weighted by Gasteiger charge is -2.43. The van der Waals surface area contributed by atoms with Gasteiger partial charge >= 0.3 is 35.8 Å². The average Bonchev–Trinajstić information content (AvgIpc) is 2.97. The van der Waals surface area contributed by atoms with Gasteiger partial charge in [0, 0.05) is 47.6 Å². The molecule has 0 radical (unpaired) electrons. The molecule has 15 nitrogen and oxygen atoms in total. The number of hydrogen-bond donors (Lipinski definition) is 0. The smallest absolute Gasteiger partial charge is 0.308 e. The van der Waals surface area contributed by atoms with Crippen LogP contribution in [0.1, 0.15) is 52.7 Å². The first-order valence-corrected chi connectivity index (χ1v) is 14.5. The number of rotatable bonds is 12. The van der Waals surface area contributed by atoms with Crippen LogP contribution in [0, 0.1) is 0 Å². The van der Waals surface area contributed by atoms with Gasteiger partial charge in [-0.25, -0.2) is 0 Å². The average molecular weight is 673 g/mol. The van der Waals surface area contributed by atoms with Crippen molar-refractivity contribution in [1.29, 1.82) is 0 Å². The fourth-order valence-electron chi connectivity index (χ4n) is 4.62. The number of methoxy groups -OCH3 is 1. The molecule has 0 saturated carbocycles. The van der Waals surface area contributed by atoms with Crippen LogP contribution >= 0.6 is 0 Å². The molecule has 15 heteroatoms. The molecule has 0 bridgehead atoms. The van der Waals surface area contributed by atoms with Gasteiger partial charge in [0.1, 0.15) is 24.2 Å². The van der Waals surface area contributed by atoms with Crippen molar-refractivity contribution in [2.75, 3.05) is 13.7 Å². The molecule has 1 aliphatic heterocycles. The van der Waals surface area contributed by atoms with Gasteiger partial charge in [-0.15, -0.1) is 0 Å². The van der Waals surface area contributed by atoms with Gasteiger partial charge in [-0.05, 0) is 35.4 Å². The molecule has 2 aromatic rings. The highest BCUT2D eigenvalue weighted by atomic mass is 16.7. The number of carbonyl (C=O) groups excluding carboxylic acids is 6. The van der Waals surface area contributed by atoms with Crippen molar-refractivity contribution in [2.24, 2.45) is 0 Å². The molecule has 1 heterocycles. The van der Waals surface area contributed by atoms with Crippen molar-refractivity contribution in [3.63, 3.8) is 0 Å². The van der Waals surface area contributed by atoms with E-state index in [1.165, 1.54) is 39.2 Å². The topological polar surface area (TPSA) is 185 Å². The summed E-state index contributed by atoms with van der Waals surface area (Å²) in [6.45, 7) is 6.48. The van der Waals surface area contributed by atoms with Gasteiger partial charge in [-0.1, -0.05) is 18.2 Å². The molecule has 3 rings (SSSR count). The Morgan fingerprint density at radius 1 is 0.625 bits per heavy atom. The number of ether oxygens (including phenoxy) is 9. The van der Waals surface area contributed by atoms with Gasteiger partial charge in [0.2, 0.25) is 12.4 Å². The van der Waals surface area contributed by atoms with Crippen LogP contribution in [0.2, 0.25) is 0 Å². The molecule has 1 fully saturated rings. The largest absolute Gasteiger partial charge is 0.493 e. The van der Waals surface area contributed by atoms with Crippen LogP contribution < -0.4 is 18.9 Å². The summed E-state index contributed by atoms with van der Waals surface area (Å²) in [5.41, 5.74) is 1.08. The molecular formula is C33H36O15. The highest BCUT2D eigenvalue weighted by molar-refractivity contribution is 5.75. The molecular weight excluding hydrogens is 636 g/mol. The van der Waals surface area contributed by atoms with Crippen molar-refractivity contribution in [1.82, 2.24) is 0 Å². The molecule has 0 unspecified atom stereocenters. The van der Waals surface area contributed by atoms with Crippen LogP contribution in [0.25, 0.3) is 12.2 Å². The zero-order valence-corrected chi connectivity index (χ0v) is 27.3. The zero-order chi connectivity index (χ0) is 35.5. The molecule has 5 atom stereocenters. The molecule has 1 saturated heterocycles. The molecule has 0 aliphatic carbocycles. The Balaban J connectivity index is 2.05. The highest BCUT2D eigenvalue weighted by Gasteiger charge is 2.53. The summed E-state index contributed by atoms with van der Waals surface area (Å²) >= 11 is 0. The monoisotopic (exact) mass is 672 g/mol. The fraction of sp³-hybridized carbons (Fsp3) is 0.394. The number of esters is 6. The summed E-state index contributed by atoms with van der Waals surface area (Å²) in [6, 6.07) is 9.35. The van der Waals surface area contributed by atoms with Crippen molar-refractivity contribution in [2.45, 2.75) is 72.2 Å². The predicted octanol–water partition coefficient (Wildman–Crippen LogP) is 3.18. The van der Waals surface area contributed by atoms with E-state index in [2.05, 4.69) is 0 Å². The van der Waals surface area contributed by atoms with E-state index < -0.39 is 73.1 Å². The third-order valence-electron chi connectivity index (χ3n) is 6.27. The minimum absolute atomic E-state index is 0.0460. The van der Waals surface area contributed by atoms with Crippen molar-refractivity contribution >= 4 is 48.0 Å². The van der Waals surface area contributed by atoms with Crippen molar-refractivity contribution < 1.29 is 71.4 Å². The second-order valence-electron chi connectivity index (χ2n) is 10.4. The fourth-order valence-corrected chi connectivity index (χ4v) is 4.62. The third-order valence-corrected chi connectivity index (χ3v) is 6.27. The number of hydrogen-bond acceptors (Lipinski definition) is 15. The highest BCUT2D eigenvalue weighted by Crippen LogP contribution is 2.34. The molecule has 0 N–H and O–H groups in total. The maximum absolute atomic E-state index is 12.2. The second-order valence-corrected chi connectivity index (χ2v) is 10.4. The van der Waals surface area contributed by atoms with Crippen LogP contribution in [0.4, 0.5) is 0 Å². The maximum atomic E-state index is 12.2. The predicted molar refractivity (Wildman–Crippen MR) is 164 cm³/mol. The van der Waals surface area contributed by atoms with Gasteiger partial charge in [-0.2, -0.15) is 0 Å². The van der Waals surface area contributed by atoms with Gasteiger partial charge in [0.05, 0.1) is 7.11 Å². The number of carbonyl (C=O) groups is 6. The Labute approximate surface area is 275 Å². The molecule has 0 amide bonds. The van der Waals surface area contributed by atoms with E-state index in [9.17, 15) is 28.8 Å². The summed E-state index contributed by atoms with van der Waals surface area (Å²) in [5, 5.41) is 0. The van der Waals surface area contributed by atoms with Crippen LogP contribution in [-0.2, 0) is 52.5 Å². The molecule has 1 aliphatic rings. The lowest BCUT2D eigenvalue weighted by Crippen LogP contribution is -2.63. The van der Waals surface area contributed by atoms with E-state index in [4.69, 9.17) is 42.6 Å². The summed E-state index contributed by atoms with van der Waals surface area (Å²) in [7, 11) is 1.44. The van der Waals surface area contributed by atoms with E-state index in [0.29, 0.717) is 16.9 Å².